The van der Waals surface area contributed by atoms with E-state index in [0.29, 0.717) is 13.2 Å². The van der Waals surface area contributed by atoms with E-state index in [0.717, 1.165) is 25.0 Å². The summed E-state index contributed by atoms with van der Waals surface area (Å²) in [7, 11) is 0. The number of nitrogens with one attached hydrogen (secondary N) is 1. The highest BCUT2D eigenvalue weighted by Crippen LogP contribution is 2.22. The number of benzene rings is 1. The molecule has 2 rings (SSSR count). The van der Waals surface area contributed by atoms with Gasteiger partial charge in [0.2, 0.25) is 0 Å². The fraction of sp³-hybridized carbons (Fsp3) is 0.533. The molecular formula is C15H20F2N2OS. The van der Waals surface area contributed by atoms with E-state index < -0.39 is 11.6 Å². The van der Waals surface area contributed by atoms with Gasteiger partial charge in [-0.2, -0.15) is 0 Å². The van der Waals surface area contributed by atoms with E-state index in [1.165, 1.54) is 19.3 Å². The molecule has 0 saturated heterocycles. The Morgan fingerprint density at radius 1 is 1.24 bits per heavy atom. The van der Waals surface area contributed by atoms with Gasteiger partial charge in [-0.3, -0.25) is 0 Å². The highest BCUT2D eigenvalue weighted by molar-refractivity contribution is 7.80. The van der Waals surface area contributed by atoms with E-state index in [4.69, 9.17) is 22.7 Å². The summed E-state index contributed by atoms with van der Waals surface area (Å²) < 4.78 is 33.3. The van der Waals surface area contributed by atoms with Crippen LogP contribution in [0, 0.1) is 11.6 Å². The van der Waals surface area contributed by atoms with Crippen LogP contribution in [0.15, 0.2) is 12.1 Å². The third-order valence-electron chi connectivity index (χ3n) is 3.64. The molecule has 0 unspecified atom stereocenters. The first-order valence-corrected chi connectivity index (χ1v) is 7.63. The summed E-state index contributed by atoms with van der Waals surface area (Å²) in [4.78, 5) is -0.0278. The summed E-state index contributed by atoms with van der Waals surface area (Å²) in [5, 5.41) is 2.73. The topological polar surface area (TPSA) is 47.3 Å². The molecule has 0 bridgehead atoms. The van der Waals surface area contributed by atoms with Crippen molar-refractivity contribution in [3.05, 3.63) is 29.3 Å². The Labute approximate surface area is 128 Å². The van der Waals surface area contributed by atoms with Gasteiger partial charge in [0.1, 0.15) is 22.3 Å². The number of ether oxygens (including phenoxy) is 1. The molecule has 21 heavy (non-hydrogen) atoms. The molecule has 1 saturated carbocycles. The normalized spacial score (nSPS) is 15.9. The smallest absolute Gasteiger partial charge is 0.150 e. The van der Waals surface area contributed by atoms with Crippen LogP contribution >= 0.6 is 12.2 Å². The van der Waals surface area contributed by atoms with Gasteiger partial charge in [-0.25, -0.2) is 8.78 Å². The van der Waals surface area contributed by atoms with E-state index in [-0.39, 0.29) is 22.3 Å². The third-order valence-corrected chi connectivity index (χ3v) is 3.87. The predicted octanol–water partition coefficient (Wildman–Crippen LogP) is 3.36. The fourth-order valence-corrected chi connectivity index (χ4v) is 2.64. The molecule has 0 heterocycles. The molecule has 3 nitrogen and oxygen atoms in total. The molecule has 6 heteroatoms. The lowest BCUT2D eigenvalue weighted by Crippen LogP contribution is -2.21. The largest absolute Gasteiger partial charge is 0.389 e. The Morgan fingerprint density at radius 2 is 1.86 bits per heavy atom. The van der Waals surface area contributed by atoms with Gasteiger partial charge in [-0.15, -0.1) is 0 Å². The Morgan fingerprint density at radius 3 is 2.43 bits per heavy atom. The number of nitrogens with two attached hydrogens (primary N) is 1. The first kappa shape index (κ1) is 16.1. The molecule has 3 N–H and O–H groups in total. The summed E-state index contributed by atoms with van der Waals surface area (Å²) in [6.07, 6.45) is 6.09. The minimum atomic E-state index is -0.699. The van der Waals surface area contributed by atoms with Crippen LogP contribution in [0.5, 0.6) is 0 Å². The van der Waals surface area contributed by atoms with Crippen LogP contribution in [-0.4, -0.2) is 24.2 Å². The summed E-state index contributed by atoms with van der Waals surface area (Å²) in [5.41, 5.74) is 5.38. The van der Waals surface area contributed by atoms with Crippen molar-refractivity contribution in [3.63, 3.8) is 0 Å². The highest BCUT2D eigenvalue weighted by atomic mass is 32.1. The number of hydrogen-bond acceptors (Lipinski definition) is 3. The van der Waals surface area contributed by atoms with Gasteiger partial charge in [0, 0.05) is 12.1 Å². The maximum Gasteiger partial charge on any atom is 0.150 e. The zero-order valence-electron chi connectivity index (χ0n) is 11.8. The maximum absolute atomic E-state index is 13.8. The monoisotopic (exact) mass is 314 g/mol. The fourth-order valence-electron chi connectivity index (χ4n) is 2.52. The Hall–Kier alpha value is -1.27. The van der Waals surface area contributed by atoms with E-state index in [1.807, 2.05) is 0 Å². The number of anilines is 1. The van der Waals surface area contributed by atoms with Crippen LogP contribution in [-0.2, 0) is 4.74 Å². The molecule has 116 valence electrons. The minimum absolute atomic E-state index is 0.0278. The molecule has 0 aromatic heterocycles. The average molecular weight is 314 g/mol. The summed E-state index contributed by atoms with van der Waals surface area (Å²) in [6.45, 7) is 0.789. The van der Waals surface area contributed by atoms with E-state index >= 15 is 0 Å². The number of halogens is 2. The van der Waals surface area contributed by atoms with Crippen LogP contribution < -0.4 is 11.1 Å². The maximum atomic E-state index is 13.8. The van der Waals surface area contributed by atoms with Crippen molar-refractivity contribution in [1.82, 2.24) is 0 Å². The summed E-state index contributed by atoms with van der Waals surface area (Å²) in [6, 6.07) is 2.27. The van der Waals surface area contributed by atoms with Crippen molar-refractivity contribution in [1.29, 1.82) is 0 Å². The van der Waals surface area contributed by atoms with Gasteiger partial charge in [-0.1, -0.05) is 31.5 Å². The number of hydrogen-bond donors (Lipinski definition) is 2. The van der Waals surface area contributed by atoms with Gasteiger partial charge in [0.05, 0.1) is 12.7 Å². The second-order valence-electron chi connectivity index (χ2n) is 5.24. The zero-order chi connectivity index (χ0) is 15.2. The Kier molecular flexibility index (Phi) is 5.87. The minimum Gasteiger partial charge on any atom is -0.389 e. The molecule has 1 fully saturated rings. The van der Waals surface area contributed by atoms with Crippen LogP contribution in [0.25, 0.3) is 0 Å². The molecule has 0 radical (unpaired) electrons. The molecule has 0 atom stereocenters. The van der Waals surface area contributed by atoms with Crippen LogP contribution in [0.4, 0.5) is 14.5 Å². The summed E-state index contributed by atoms with van der Waals surface area (Å²) in [5.74, 6) is -1.40. The lowest BCUT2D eigenvalue weighted by molar-refractivity contribution is 0.0347. The molecule has 1 aromatic rings. The molecule has 0 amide bonds. The van der Waals surface area contributed by atoms with Gasteiger partial charge in [-0.05, 0) is 25.0 Å². The van der Waals surface area contributed by atoms with Crippen molar-refractivity contribution in [2.45, 2.75) is 38.2 Å². The highest BCUT2D eigenvalue weighted by Gasteiger charge is 2.14. The average Bonchev–Trinajstić information content (AvgIpc) is 2.46. The Bertz CT molecular complexity index is 481. The third kappa shape index (κ3) is 4.61. The van der Waals surface area contributed by atoms with Crippen LogP contribution in [0.2, 0.25) is 0 Å². The first-order valence-electron chi connectivity index (χ1n) is 7.22. The van der Waals surface area contributed by atoms with Crippen molar-refractivity contribution >= 4 is 22.9 Å². The molecule has 0 spiro atoms. The summed E-state index contributed by atoms with van der Waals surface area (Å²) >= 11 is 4.71. The standard InChI is InChI=1S/C15H20F2N2OS/c16-12-8-10(15(18)21)9-13(17)14(12)19-6-7-20-11-4-2-1-3-5-11/h8-9,11,19H,1-7H2,(H2,18,21). The lowest BCUT2D eigenvalue weighted by atomic mass is 9.98. The second-order valence-corrected chi connectivity index (χ2v) is 5.68. The lowest BCUT2D eigenvalue weighted by Gasteiger charge is -2.22. The molecule has 0 aliphatic heterocycles. The molecule has 1 aliphatic rings. The predicted molar refractivity (Wildman–Crippen MR) is 83.6 cm³/mol. The number of rotatable bonds is 6. The van der Waals surface area contributed by atoms with Gasteiger partial charge < -0.3 is 15.8 Å². The molecular weight excluding hydrogens is 294 g/mol. The van der Waals surface area contributed by atoms with Gasteiger partial charge in [0.15, 0.2) is 0 Å². The van der Waals surface area contributed by atoms with Gasteiger partial charge >= 0.3 is 0 Å². The SMILES string of the molecule is NC(=S)c1cc(F)c(NCCOC2CCCCC2)c(F)c1. The van der Waals surface area contributed by atoms with Crippen LogP contribution in [0.1, 0.15) is 37.7 Å². The van der Waals surface area contributed by atoms with E-state index in [2.05, 4.69) is 5.32 Å². The molecule has 1 aliphatic carbocycles. The number of thiocarbonyl (C=S) groups is 1. The zero-order valence-corrected chi connectivity index (χ0v) is 12.6. The van der Waals surface area contributed by atoms with Crippen LogP contribution in [0.3, 0.4) is 0 Å². The van der Waals surface area contributed by atoms with Crippen molar-refractivity contribution in [2.24, 2.45) is 5.73 Å². The van der Waals surface area contributed by atoms with Crippen molar-refractivity contribution < 1.29 is 13.5 Å². The van der Waals surface area contributed by atoms with E-state index in [9.17, 15) is 8.78 Å². The van der Waals surface area contributed by atoms with E-state index in [1.54, 1.807) is 0 Å². The van der Waals surface area contributed by atoms with Crippen molar-refractivity contribution in [2.75, 3.05) is 18.5 Å². The van der Waals surface area contributed by atoms with Gasteiger partial charge in [0.25, 0.3) is 0 Å². The molecule has 1 aromatic carbocycles. The first-order chi connectivity index (χ1) is 10.1. The quantitative estimate of drug-likeness (QED) is 0.624. The van der Waals surface area contributed by atoms with Crippen molar-refractivity contribution in [3.8, 4) is 0 Å². The Balaban J connectivity index is 1.84. The second kappa shape index (κ2) is 7.66.